The van der Waals surface area contributed by atoms with Crippen molar-refractivity contribution in [2.45, 2.75) is 39.2 Å². The Morgan fingerprint density at radius 3 is 2.55 bits per heavy atom. The minimum atomic E-state index is 0.203. The van der Waals surface area contributed by atoms with Gasteiger partial charge in [0, 0.05) is 32.2 Å². The van der Waals surface area contributed by atoms with Crippen LogP contribution in [-0.2, 0) is 5.41 Å². The lowest BCUT2D eigenvalue weighted by Crippen LogP contribution is -2.50. The van der Waals surface area contributed by atoms with Crippen LogP contribution in [0.1, 0.15) is 33.3 Å². The van der Waals surface area contributed by atoms with E-state index in [0.29, 0.717) is 6.04 Å². The molecule has 112 valence electrons. The van der Waals surface area contributed by atoms with Crippen LogP contribution in [0.2, 0.25) is 0 Å². The van der Waals surface area contributed by atoms with Gasteiger partial charge in [0.2, 0.25) is 0 Å². The molecule has 1 aliphatic rings. The highest BCUT2D eigenvalue weighted by Gasteiger charge is 2.17. The van der Waals surface area contributed by atoms with E-state index in [1.54, 1.807) is 0 Å². The zero-order valence-electron chi connectivity index (χ0n) is 13.3. The number of piperazine rings is 1. The third-order valence-corrected chi connectivity index (χ3v) is 4.01. The van der Waals surface area contributed by atoms with Gasteiger partial charge >= 0.3 is 0 Å². The lowest BCUT2D eigenvalue weighted by atomic mass is 9.87. The fourth-order valence-corrected chi connectivity index (χ4v) is 2.55. The molecule has 1 fully saturated rings. The van der Waals surface area contributed by atoms with Crippen LogP contribution in [0, 0.1) is 0 Å². The van der Waals surface area contributed by atoms with E-state index in [-0.39, 0.29) is 5.41 Å². The van der Waals surface area contributed by atoms with Crippen molar-refractivity contribution < 1.29 is 4.74 Å². The number of nitrogens with zero attached hydrogens (tertiary/aromatic N) is 1. The first-order valence-corrected chi connectivity index (χ1v) is 7.65. The summed E-state index contributed by atoms with van der Waals surface area (Å²) in [7, 11) is 0. The second-order valence-electron chi connectivity index (χ2n) is 6.71. The Kier molecular flexibility index (Phi) is 5.06. The lowest BCUT2D eigenvalue weighted by Gasteiger charge is -2.33. The molecule has 3 nitrogen and oxygen atoms in total. The monoisotopic (exact) mass is 276 g/mol. The first-order chi connectivity index (χ1) is 9.47. The van der Waals surface area contributed by atoms with Crippen LogP contribution in [-0.4, -0.2) is 43.7 Å². The predicted octanol–water partition coefficient (Wildman–Crippen LogP) is 2.66. The van der Waals surface area contributed by atoms with E-state index in [1.807, 2.05) is 0 Å². The minimum Gasteiger partial charge on any atom is -0.492 e. The van der Waals surface area contributed by atoms with Gasteiger partial charge in [0.05, 0.1) is 0 Å². The largest absolute Gasteiger partial charge is 0.492 e. The van der Waals surface area contributed by atoms with Crippen LogP contribution in [0.15, 0.2) is 24.3 Å². The van der Waals surface area contributed by atoms with Crippen LogP contribution < -0.4 is 10.1 Å². The fourth-order valence-electron chi connectivity index (χ4n) is 2.55. The molecule has 1 aromatic rings. The minimum absolute atomic E-state index is 0.203. The molecule has 0 bridgehead atoms. The summed E-state index contributed by atoms with van der Waals surface area (Å²) in [6, 6.07) is 9.12. The van der Waals surface area contributed by atoms with Gasteiger partial charge in [0.15, 0.2) is 0 Å². The standard InChI is InChI=1S/C17H28N2O/c1-14-13-18-9-10-19(14)11-12-20-16-7-5-15(6-8-16)17(2,3)4/h5-8,14,18H,9-13H2,1-4H3/t14-/m0/s1. The molecule has 20 heavy (non-hydrogen) atoms. The molecule has 1 aliphatic heterocycles. The summed E-state index contributed by atoms with van der Waals surface area (Å²) in [5.74, 6) is 0.973. The Morgan fingerprint density at radius 2 is 1.95 bits per heavy atom. The van der Waals surface area contributed by atoms with Gasteiger partial charge in [-0.2, -0.15) is 0 Å². The van der Waals surface area contributed by atoms with Crippen molar-refractivity contribution in [3.05, 3.63) is 29.8 Å². The Morgan fingerprint density at radius 1 is 1.25 bits per heavy atom. The van der Waals surface area contributed by atoms with Crippen LogP contribution >= 0.6 is 0 Å². The van der Waals surface area contributed by atoms with E-state index in [1.165, 1.54) is 5.56 Å². The first-order valence-electron chi connectivity index (χ1n) is 7.65. The Bertz CT molecular complexity index is 408. The van der Waals surface area contributed by atoms with Crippen LogP contribution in [0.4, 0.5) is 0 Å². The van der Waals surface area contributed by atoms with Crippen molar-refractivity contribution in [3.63, 3.8) is 0 Å². The normalized spacial score (nSPS) is 20.9. The summed E-state index contributed by atoms with van der Waals surface area (Å²) in [6.45, 7) is 14.0. The maximum absolute atomic E-state index is 5.86. The van der Waals surface area contributed by atoms with Crippen molar-refractivity contribution in [1.29, 1.82) is 0 Å². The van der Waals surface area contributed by atoms with Gasteiger partial charge in [-0.3, -0.25) is 4.90 Å². The molecular formula is C17H28N2O. The average molecular weight is 276 g/mol. The zero-order chi connectivity index (χ0) is 14.6. The third-order valence-electron chi connectivity index (χ3n) is 4.01. The SMILES string of the molecule is C[C@H]1CNCCN1CCOc1ccc(C(C)(C)C)cc1. The second-order valence-corrected chi connectivity index (χ2v) is 6.71. The van der Waals surface area contributed by atoms with E-state index in [9.17, 15) is 0 Å². The van der Waals surface area contributed by atoms with Gasteiger partial charge in [0.1, 0.15) is 12.4 Å². The van der Waals surface area contributed by atoms with Crippen LogP contribution in [0.25, 0.3) is 0 Å². The molecule has 1 N–H and O–H groups in total. The van der Waals surface area contributed by atoms with E-state index in [4.69, 9.17) is 4.74 Å². The van der Waals surface area contributed by atoms with Crippen molar-refractivity contribution in [2.24, 2.45) is 0 Å². The maximum atomic E-state index is 5.86. The molecule has 0 spiro atoms. The van der Waals surface area contributed by atoms with Gasteiger partial charge in [-0.25, -0.2) is 0 Å². The molecule has 0 saturated carbocycles. The van der Waals surface area contributed by atoms with E-state index >= 15 is 0 Å². The summed E-state index contributed by atoms with van der Waals surface area (Å²) in [4.78, 5) is 2.49. The molecule has 0 aliphatic carbocycles. The predicted molar refractivity (Wildman–Crippen MR) is 84.5 cm³/mol. The van der Waals surface area contributed by atoms with E-state index < -0.39 is 0 Å². The topological polar surface area (TPSA) is 24.5 Å². The molecule has 0 radical (unpaired) electrons. The molecule has 1 atom stereocenters. The van der Waals surface area contributed by atoms with Crippen molar-refractivity contribution >= 4 is 0 Å². The van der Waals surface area contributed by atoms with Crippen molar-refractivity contribution in [2.75, 3.05) is 32.8 Å². The number of hydrogen-bond acceptors (Lipinski definition) is 3. The van der Waals surface area contributed by atoms with Crippen LogP contribution in [0.5, 0.6) is 5.75 Å². The molecule has 1 heterocycles. The summed E-state index contributed by atoms with van der Waals surface area (Å²) in [6.07, 6.45) is 0. The number of ether oxygens (including phenoxy) is 1. The van der Waals surface area contributed by atoms with Crippen LogP contribution in [0.3, 0.4) is 0 Å². The second kappa shape index (κ2) is 6.59. The molecule has 0 unspecified atom stereocenters. The summed E-state index contributed by atoms with van der Waals surface area (Å²) in [5.41, 5.74) is 1.55. The molecule has 1 aromatic carbocycles. The van der Waals surface area contributed by atoms with Gasteiger partial charge in [-0.05, 0) is 30.0 Å². The molecule has 3 heteroatoms. The van der Waals surface area contributed by atoms with E-state index in [2.05, 4.69) is 62.2 Å². The first kappa shape index (κ1) is 15.3. The highest BCUT2D eigenvalue weighted by Crippen LogP contribution is 2.24. The fraction of sp³-hybridized carbons (Fsp3) is 0.647. The molecular weight excluding hydrogens is 248 g/mol. The molecule has 0 aromatic heterocycles. The zero-order valence-corrected chi connectivity index (χ0v) is 13.3. The third kappa shape index (κ3) is 4.22. The highest BCUT2D eigenvalue weighted by molar-refractivity contribution is 5.31. The number of rotatable bonds is 4. The Labute approximate surface area is 123 Å². The van der Waals surface area contributed by atoms with Gasteiger partial charge in [0.25, 0.3) is 0 Å². The summed E-state index contributed by atoms with van der Waals surface area (Å²) >= 11 is 0. The number of benzene rings is 1. The van der Waals surface area contributed by atoms with Gasteiger partial charge in [-0.1, -0.05) is 32.9 Å². The quantitative estimate of drug-likeness (QED) is 0.915. The summed E-state index contributed by atoms with van der Waals surface area (Å²) < 4.78 is 5.86. The van der Waals surface area contributed by atoms with Crippen molar-refractivity contribution in [1.82, 2.24) is 10.2 Å². The van der Waals surface area contributed by atoms with E-state index in [0.717, 1.165) is 38.5 Å². The maximum Gasteiger partial charge on any atom is 0.119 e. The molecule has 0 amide bonds. The smallest absolute Gasteiger partial charge is 0.119 e. The van der Waals surface area contributed by atoms with Crippen molar-refractivity contribution in [3.8, 4) is 5.75 Å². The Balaban J connectivity index is 1.79. The highest BCUT2D eigenvalue weighted by atomic mass is 16.5. The lowest BCUT2D eigenvalue weighted by molar-refractivity contribution is 0.143. The summed E-state index contributed by atoms with van der Waals surface area (Å²) in [5, 5.41) is 3.41. The number of hydrogen-bond donors (Lipinski definition) is 1. The number of nitrogens with one attached hydrogen (secondary N) is 1. The van der Waals surface area contributed by atoms with Gasteiger partial charge < -0.3 is 10.1 Å². The Hall–Kier alpha value is -1.06. The average Bonchev–Trinajstić information content (AvgIpc) is 2.40. The molecule has 1 saturated heterocycles. The van der Waals surface area contributed by atoms with Gasteiger partial charge in [-0.15, -0.1) is 0 Å². The molecule has 2 rings (SSSR count).